The molecule has 0 spiro atoms. The molecule has 1 aliphatic heterocycles. The van der Waals surface area contributed by atoms with Crippen LogP contribution in [0.25, 0.3) is 0 Å². The molecule has 104 valence electrons. The summed E-state index contributed by atoms with van der Waals surface area (Å²) in [4.78, 5) is 20.3. The van der Waals surface area contributed by atoms with Gasteiger partial charge in [-0.05, 0) is 33.1 Å². The maximum atomic E-state index is 11.6. The van der Waals surface area contributed by atoms with Gasteiger partial charge in [0.2, 0.25) is 0 Å². The molecule has 0 bridgehead atoms. The third kappa shape index (κ3) is 3.73. The van der Waals surface area contributed by atoms with Crippen molar-refractivity contribution in [3.8, 4) is 0 Å². The normalized spacial score (nSPS) is 19.2. The molecule has 1 fully saturated rings. The summed E-state index contributed by atoms with van der Waals surface area (Å²) in [6.45, 7) is 4.77. The van der Waals surface area contributed by atoms with Crippen LogP contribution in [-0.2, 0) is 15.9 Å². The number of hydrogen-bond acceptors (Lipinski definition) is 5. The molecule has 1 aromatic heterocycles. The highest BCUT2D eigenvalue weighted by molar-refractivity contribution is 5.90. The first-order valence-corrected chi connectivity index (χ1v) is 6.82. The van der Waals surface area contributed by atoms with Crippen LogP contribution in [0.3, 0.4) is 0 Å². The molecular weight excluding hydrogens is 244 g/mol. The van der Waals surface area contributed by atoms with Crippen molar-refractivity contribution < 1.29 is 14.3 Å². The van der Waals surface area contributed by atoms with Gasteiger partial charge in [-0.15, -0.1) is 0 Å². The molecule has 19 heavy (non-hydrogen) atoms. The van der Waals surface area contributed by atoms with Crippen molar-refractivity contribution in [2.75, 3.05) is 13.2 Å². The lowest BCUT2D eigenvalue weighted by Crippen LogP contribution is -2.23. The molecule has 2 rings (SSSR count). The maximum absolute atomic E-state index is 11.6. The molecule has 0 saturated carbocycles. The Morgan fingerprint density at radius 1 is 1.53 bits per heavy atom. The molecule has 0 amide bonds. The summed E-state index contributed by atoms with van der Waals surface area (Å²) in [7, 11) is 0. The van der Waals surface area contributed by atoms with Gasteiger partial charge >= 0.3 is 5.97 Å². The first-order chi connectivity index (χ1) is 9.20. The van der Waals surface area contributed by atoms with E-state index in [4.69, 9.17) is 9.47 Å². The number of ether oxygens (including phenoxy) is 2. The zero-order valence-electron chi connectivity index (χ0n) is 11.5. The number of rotatable bonds is 4. The van der Waals surface area contributed by atoms with Gasteiger partial charge < -0.3 is 9.47 Å². The van der Waals surface area contributed by atoms with Crippen molar-refractivity contribution in [3.63, 3.8) is 0 Å². The fourth-order valence-corrected chi connectivity index (χ4v) is 2.19. The van der Waals surface area contributed by atoms with Crippen LogP contribution in [0.4, 0.5) is 0 Å². The van der Waals surface area contributed by atoms with Gasteiger partial charge in [0, 0.05) is 19.2 Å². The summed E-state index contributed by atoms with van der Waals surface area (Å²) in [5, 5.41) is 0. The summed E-state index contributed by atoms with van der Waals surface area (Å²) in [5.74, 6) is 0.373. The van der Waals surface area contributed by atoms with E-state index in [-0.39, 0.29) is 12.1 Å². The van der Waals surface area contributed by atoms with Crippen LogP contribution in [0.2, 0.25) is 0 Å². The Kier molecular flexibility index (Phi) is 4.85. The lowest BCUT2D eigenvalue weighted by Gasteiger charge is -2.21. The SMILES string of the molecule is CCOC(=O)c1cnc(CC2CCCCO2)nc1C. The van der Waals surface area contributed by atoms with Gasteiger partial charge in [-0.1, -0.05) is 0 Å². The molecule has 0 radical (unpaired) electrons. The quantitative estimate of drug-likeness (QED) is 0.779. The topological polar surface area (TPSA) is 61.3 Å². The predicted octanol–water partition coefficient (Wildman–Crippen LogP) is 2.07. The Hall–Kier alpha value is -1.49. The highest BCUT2D eigenvalue weighted by Gasteiger charge is 2.18. The third-order valence-corrected chi connectivity index (χ3v) is 3.21. The molecule has 1 aromatic rings. The van der Waals surface area contributed by atoms with Crippen molar-refractivity contribution in [2.24, 2.45) is 0 Å². The molecule has 1 aliphatic rings. The monoisotopic (exact) mass is 264 g/mol. The molecule has 2 heterocycles. The van der Waals surface area contributed by atoms with E-state index in [0.29, 0.717) is 24.3 Å². The Balaban J connectivity index is 2.03. The summed E-state index contributed by atoms with van der Waals surface area (Å²) in [6, 6.07) is 0. The predicted molar refractivity (Wildman–Crippen MR) is 70.0 cm³/mol. The molecule has 5 heteroatoms. The van der Waals surface area contributed by atoms with E-state index in [9.17, 15) is 4.79 Å². The molecule has 0 N–H and O–H groups in total. The second kappa shape index (κ2) is 6.61. The average Bonchev–Trinajstić information content (AvgIpc) is 2.40. The zero-order valence-corrected chi connectivity index (χ0v) is 11.5. The van der Waals surface area contributed by atoms with Gasteiger partial charge in [0.1, 0.15) is 5.82 Å². The Bertz CT molecular complexity index is 442. The molecule has 0 aliphatic carbocycles. The minimum Gasteiger partial charge on any atom is -0.462 e. The number of hydrogen-bond donors (Lipinski definition) is 0. The number of carbonyl (C=O) groups excluding carboxylic acids is 1. The van der Waals surface area contributed by atoms with E-state index in [1.165, 1.54) is 6.42 Å². The summed E-state index contributed by atoms with van der Waals surface area (Å²) < 4.78 is 10.6. The van der Waals surface area contributed by atoms with Crippen LogP contribution in [-0.4, -0.2) is 35.3 Å². The third-order valence-electron chi connectivity index (χ3n) is 3.21. The van der Waals surface area contributed by atoms with Gasteiger partial charge in [0.25, 0.3) is 0 Å². The lowest BCUT2D eigenvalue weighted by atomic mass is 10.1. The molecule has 1 saturated heterocycles. The molecule has 1 atom stereocenters. The Labute approximate surface area is 113 Å². The fourth-order valence-electron chi connectivity index (χ4n) is 2.19. The number of aromatic nitrogens is 2. The molecule has 0 aromatic carbocycles. The first kappa shape index (κ1) is 13.9. The second-order valence-electron chi connectivity index (χ2n) is 4.70. The molecular formula is C14H20N2O3. The van der Waals surface area contributed by atoms with Crippen LogP contribution < -0.4 is 0 Å². The van der Waals surface area contributed by atoms with Crippen molar-refractivity contribution in [1.29, 1.82) is 0 Å². The highest BCUT2D eigenvalue weighted by Crippen LogP contribution is 2.16. The van der Waals surface area contributed by atoms with E-state index in [0.717, 1.165) is 25.3 Å². The highest BCUT2D eigenvalue weighted by atomic mass is 16.5. The van der Waals surface area contributed by atoms with Gasteiger partial charge in [-0.2, -0.15) is 0 Å². The second-order valence-corrected chi connectivity index (χ2v) is 4.70. The van der Waals surface area contributed by atoms with Gasteiger partial charge in [0.15, 0.2) is 0 Å². The Morgan fingerprint density at radius 3 is 3.00 bits per heavy atom. The van der Waals surface area contributed by atoms with Crippen LogP contribution in [0.15, 0.2) is 6.20 Å². The van der Waals surface area contributed by atoms with Crippen molar-refractivity contribution in [2.45, 2.75) is 45.6 Å². The van der Waals surface area contributed by atoms with Crippen molar-refractivity contribution >= 4 is 5.97 Å². The summed E-state index contributed by atoms with van der Waals surface area (Å²) >= 11 is 0. The summed E-state index contributed by atoms with van der Waals surface area (Å²) in [5.41, 5.74) is 1.11. The minimum atomic E-state index is -0.361. The van der Waals surface area contributed by atoms with Crippen molar-refractivity contribution in [1.82, 2.24) is 9.97 Å². The average molecular weight is 264 g/mol. The number of nitrogens with zero attached hydrogens (tertiary/aromatic N) is 2. The minimum absolute atomic E-state index is 0.210. The van der Waals surface area contributed by atoms with Gasteiger partial charge in [-0.3, -0.25) is 0 Å². The van der Waals surface area contributed by atoms with E-state index in [1.807, 2.05) is 0 Å². The van der Waals surface area contributed by atoms with Gasteiger partial charge in [-0.25, -0.2) is 14.8 Å². The maximum Gasteiger partial charge on any atom is 0.341 e. The first-order valence-electron chi connectivity index (χ1n) is 6.82. The largest absolute Gasteiger partial charge is 0.462 e. The standard InChI is InChI=1S/C14H20N2O3/c1-3-18-14(17)12-9-15-13(16-10(12)2)8-11-6-4-5-7-19-11/h9,11H,3-8H2,1-2H3. The molecule has 1 unspecified atom stereocenters. The number of aryl methyl sites for hydroxylation is 1. The summed E-state index contributed by atoms with van der Waals surface area (Å²) in [6.07, 6.45) is 5.87. The zero-order chi connectivity index (χ0) is 13.7. The van der Waals surface area contributed by atoms with E-state index in [1.54, 1.807) is 20.0 Å². The smallest absolute Gasteiger partial charge is 0.341 e. The lowest BCUT2D eigenvalue weighted by molar-refractivity contribution is 0.0156. The van der Waals surface area contributed by atoms with E-state index < -0.39 is 0 Å². The number of carbonyl (C=O) groups is 1. The van der Waals surface area contributed by atoms with Gasteiger partial charge in [0.05, 0.1) is 24.0 Å². The van der Waals surface area contributed by atoms with Crippen LogP contribution in [0, 0.1) is 6.92 Å². The van der Waals surface area contributed by atoms with Crippen molar-refractivity contribution in [3.05, 3.63) is 23.3 Å². The Morgan fingerprint density at radius 2 is 2.37 bits per heavy atom. The van der Waals surface area contributed by atoms with E-state index in [2.05, 4.69) is 9.97 Å². The van der Waals surface area contributed by atoms with Crippen LogP contribution in [0.1, 0.15) is 48.1 Å². The van der Waals surface area contributed by atoms with E-state index >= 15 is 0 Å². The number of esters is 1. The fraction of sp³-hybridized carbons (Fsp3) is 0.643. The van der Waals surface area contributed by atoms with Crippen LogP contribution in [0.5, 0.6) is 0 Å². The van der Waals surface area contributed by atoms with Crippen LogP contribution >= 0.6 is 0 Å². The molecule has 5 nitrogen and oxygen atoms in total.